The Labute approximate surface area is 258 Å². The highest BCUT2D eigenvalue weighted by Crippen LogP contribution is 2.33. The molecule has 9 heteroatoms. The van der Waals surface area contributed by atoms with Gasteiger partial charge in [0.05, 0.1) is 5.56 Å². The van der Waals surface area contributed by atoms with Gasteiger partial charge >= 0.3 is 24.1 Å². The number of hydrogen-bond acceptors (Lipinski definition) is 6. The van der Waals surface area contributed by atoms with Crippen LogP contribution in [0, 0.1) is 0 Å². The van der Waals surface area contributed by atoms with E-state index in [4.69, 9.17) is 14.2 Å². The molecule has 0 amide bonds. The predicted molar refractivity (Wildman–Crippen MR) is 166 cm³/mol. The van der Waals surface area contributed by atoms with Crippen molar-refractivity contribution in [1.29, 1.82) is 0 Å². The van der Waals surface area contributed by atoms with E-state index in [1.54, 1.807) is 0 Å². The lowest BCUT2D eigenvalue weighted by molar-refractivity contribution is -0.150. The molecule has 0 heterocycles. The van der Waals surface area contributed by atoms with Crippen molar-refractivity contribution in [2.45, 2.75) is 84.4 Å². The molecule has 0 N–H and O–H groups in total. The molecule has 1 aromatic rings. The van der Waals surface area contributed by atoms with E-state index in [1.807, 2.05) is 18.2 Å². The van der Waals surface area contributed by atoms with Gasteiger partial charge < -0.3 is 14.2 Å². The molecule has 0 saturated heterocycles. The second-order valence-electron chi connectivity index (χ2n) is 9.66. The lowest BCUT2D eigenvalue weighted by Gasteiger charge is -2.15. The molecule has 0 spiro atoms. The van der Waals surface area contributed by atoms with Crippen molar-refractivity contribution in [2.24, 2.45) is 0 Å². The molecule has 0 aliphatic heterocycles. The largest absolute Gasteiger partial charge is 0.459 e. The fraction of sp³-hybridized carbons (Fsp3) is 0.400. The molecule has 1 atom stereocenters. The maximum atomic E-state index is 13.0. The average Bonchev–Trinajstić information content (AvgIpc) is 2.96. The van der Waals surface area contributed by atoms with Gasteiger partial charge in [0.25, 0.3) is 0 Å². The van der Waals surface area contributed by atoms with Crippen LogP contribution in [0.3, 0.4) is 0 Å². The molecule has 1 aromatic carbocycles. The Bertz CT molecular complexity index is 1210. The minimum atomic E-state index is -4.69. The Morgan fingerprint density at radius 2 is 1.30 bits per heavy atom. The summed E-state index contributed by atoms with van der Waals surface area (Å²) in [5.41, 5.74) is -1.44. The van der Waals surface area contributed by atoms with Crippen LogP contribution in [-0.2, 0) is 25.2 Å². The monoisotopic (exact) mass is 616 g/mol. The third-order valence-electron chi connectivity index (χ3n) is 5.68. The first-order valence-corrected chi connectivity index (χ1v) is 14.7. The van der Waals surface area contributed by atoms with Crippen molar-refractivity contribution in [3.05, 3.63) is 102 Å². The number of halogens is 3. The number of alkyl halides is 3. The zero-order chi connectivity index (χ0) is 32.6. The molecule has 0 aliphatic carbocycles. The molecule has 0 radical (unpaired) electrons. The molecule has 1 unspecified atom stereocenters. The van der Waals surface area contributed by atoms with Gasteiger partial charge in [-0.3, -0.25) is 9.59 Å². The van der Waals surface area contributed by atoms with Crippen LogP contribution in [0.5, 0.6) is 5.75 Å². The minimum Gasteiger partial charge on any atom is -0.459 e. The van der Waals surface area contributed by atoms with Gasteiger partial charge in [0.1, 0.15) is 24.0 Å². The number of carbonyl (C=O) groups is 3. The highest BCUT2D eigenvalue weighted by molar-refractivity contribution is 5.93. The fourth-order valence-electron chi connectivity index (χ4n) is 3.54. The molecular weight excluding hydrogens is 573 g/mol. The van der Waals surface area contributed by atoms with Gasteiger partial charge in [0.2, 0.25) is 0 Å². The van der Waals surface area contributed by atoms with Crippen molar-refractivity contribution in [1.82, 2.24) is 0 Å². The third-order valence-corrected chi connectivity index (χ3v) is 5.68. The van der Waals surface area contributed by atoms with Crippen LogP contribution in [-0.4, -0.2) is 30.6 Å². The summed E-state index contributed by atoms with van der Waals surface area (Å²) in [5, 5.41) is 0. The Balaban J connectivity index is 2.27. The van der Waals surface area contributed by atoms with Crippen molar-refractivity contribution in [2.75, 3.05) is 6.61 Å². The first-order valence-electron chi connectivity index (χ1n) is 14.7. The lowest BCUT2D eigenvalue weighted by Crippen LogP contribution is -2.22. The molecule has 0 bridgehead atoms. The number of allylic oxidation sites excluding steroid dienone is 12. The number of esters is 3. The summed E-state index contributed by atoms with van der Waals surface area (Å²) < 4.78 is 54.0. The highest BCUT2D eigenvalue weighted by Gasteiger charge is 2.32. The van der Waals surface area contributed by atoms with Crippen LogP contribution in [0.2, 0.25) is 0 Å². The van der Waals surface area contributed by atoms with E-state index in [9.17, 15) is 27.6 Å². The molecule has 0 fully saturated rings. The second-order valence-corrected chi connectivity index (χ2v) is 9.66. The molecule has 0 aromatic heterocycles. The quantitative estimate of drug-likeness (QED) is 0.0876. The van der Waals surface area contributed by atoms with Gasteiger partial charge in [-0.2, -0.15) is 13.2 Å². The Morgan fingerprint density at radius 3 is 1.77 bits per heavy atom. The molecular formula is C35H43F3O6. The number of hydrogen-bond donors (Lipinski definition) is 0. The van der Waals surface area contributed by atoms with Crippen LogP contribution >= 0.6 is 0 Å². The maximum Gasteiger partial charge on any atom is 0.416 e. The van der Waals surface area contributed by atoms with E-state index >= 15 is 0 Å². The smallest absolute Gasteiger partial charge is 0.416 e. The second kappa shape index (κ2) is 22.4. The first-order chi connectivity index (χ1) is 21.0. The summed E-state index contributed by atoms with van der Waals surface area (Å²) in [5.74, 6) is -2.97. The number of ether oxygens (including phenoxy) is 3. The summed E-state index contributed by atoms with van der Waals surface area (Å²) in [4.78, 5) is 35.7. The zero-order valence-corrected chi connectivity index (χ0v) is 25.7. The van der Waals surface area contributed by atoms with Gasteiger partial charge in [-0.1, -0.05) is 79.8 Å². The van der Waals surface area contributed by atoms with E-state index in [0.29, 0.717) is 18.6 Å². The van der Waals surface area contributed by atoms with Crippen LogP contribution in [0.15, 0.2) is 91.1 Å². The minimum absolute atomic E-state index is 0.135. The summed E-state index contributed by atoms with van der Waals surface area (Å²) in [6.07, 6.45) is 25.8. The SMILES string of the molecule is CC/C=C\C/C=C\C/C=C\C/C=C\C/C=C\C/C=C\CCC(=O)OC(C)COC(=O)c1ccc(C(F)(F)F)cc1OC(C)=O. The zero-order valence-electron chi connectivity index (χ0n) is 25.7. The molecule has 240 valence electrons. The Kier molecular flexibility index (Phi) is 19.3. The van der Waals surface area contributed by atoms with Crippen molar-refractivity contribution in [3.8, 4) is 5.75 Å². The van der Waals surface area contributed by atoms with Crippen molar-refractivity contribution < 1.29 is 41.8 Å². The molecule has 44 heavy (non-hydrogen) atoms. The number of rotatable bonds is 19. The summed E-state index contributed by atoms with van der Waals surface area (Å²) in [7, 11) is 0. The van der Waals surface area contributed by atoms with Gasteiger partial charge in [-0.05, 0) is 70.1 Å². The summed E-state index contributed by atoms with van der Waals surface area (Å²) >= 11 is 0. The lowest BCUT2D eigenvalue weighted by atomic mass is 10.1. The number of benzene rings is 1. The van der Waals surface area contributed by atoms with E-state index in [0.717, 1.165) is 51.5 Å². The predicted octanol–water partition coefficient (Wildman–Crippen LogP) is 9.20. The van der Waals surface area contributed by atoms with E-state index < -0.39 is 41.5 Å². The fourth-order valence-corrected chi connectivity index (χ4v) is 3.54. The van der Waals surface area contributed by atoms with Crippen molar-refractivity contribution in [3.63, 3.8) is 0 Å². The first kappa shape index (κ1) is 37.9. The Morgan fingerprint density at radius 1 is 0.795 bits per heavy atom. The van der Waals surface area contributed by atoms with Crippen molar-refractivity contribution >= 4 is 17.9 Å². The average molecular weight is 617 g/mol. The molecule has 0 saturated carbocycles. The Hall–Kier alpha value is -4.14. The van der Waals surface area contributed by atoms with Crippen LogP contribution in [0.25, 0.3) is 0 Å². The van der Waals surface area contributed by atoms with E-state index in [2.05, 4.69) is 61.6 Å². The molecule has 1 rings (SSSR count). The summed E-state index contributed by atoms with van der Waals surface area (Å²) in [6, 6.07) is 2.10. The van der Waals surface area contributed by atoms with Gasteiger partial charge in [0, 0.05) is 13.3 Å². The highest BCUT2D eigenvalue weighted by atomic mass is 19.4. The van der Waals surface area contributed by atoms with E-state index in [1.165, 1.54) is 6.92 Å². The topological polar surface area (TPSA) is 78.9 Å². The van der Waals surface area contributed by atoms with Crippen LogP contribution in [0.1, 0.15) is 88.1 Å². The normalized spacial score (nSPS) is 13.2. The number of carbonyl (C=O) groups excluding carboxylic acids is 3. The molecule has 0 aliphatic rings. The van der Waals surface area contributed by atoms with E-state index in [-0.39, 0.29) is 18.6 Å². The molecule has 6 nitrogen and oxygen atoms in total. The third kappa shape index (κ3) is 18.4. The standard InChI is InChI=1S/C35H43F3O6/c1-4-5-6-7-8-9-10-11-12-13-14-15-16-17-18-19-20-21-22-23-33(40)43-28(2)27-42-34(41)31-25-24-30(35(36,37)38)26-32(31)44-29(3)39/h5-6,8-9,11-12,14-15,17-18,20-21,24-26,28H,4,7,10,13,16,19,22-23,27H2,1-3H3/b6-5-,9-8-,12-11-,15-14-,18-17-,21-20-. The van der Waals surface area contributed by atoms with Gasteiger partial charge in [-0.15, -0.1) is 0 Å². The van der Waals surface area contributed by atoms with Gasteiger partial charge in [0.15, 0.2) is 0 Å². The van der Waals surface area contributed by atoms with Gasteiger partial charge in [-0.25, -0.2) is 4.79 Å². The van der Waals surface area contributed by atoms with Crippen LogP contribution in [0.4, 0.5) is 13.2 Å². The van der Waals surface area contributed by atoms with Crippen LogP contribution < -0.4 is 4.74 Å². The maximum absolute atomic E-state index is 13.0. The summed E-state index contributed by atoms with van der Waals surface area (Å²) in [6.45, 7) is 4.31.